The normalized spacial score (nSPS) is 10.6. The third-order valence-electron chi connectivity index (χ3n) is 3.27. The maximum atomic E-state index is 12.0. The van der Waals surface area contributed by atoms with E-state index in [4.69, 9.17) is 9.47 Å². The Morgan fingerprint density at radius 3 is 2.42 bits per heavy atom. The molecule has 0 saturated heterocycles. The molecule has 0 aliphatic heterocycles. The van der Waals surface area contributed by atoms with Gasteiger partial charge in [0.15, 0.2) is 11.5 Å². The van der Waals surface area contributed by atoms with Crippen molar-refractivity contribution in [3.8, 4) is 11.5 Å². The minimum Gasteiger partial charge on any atom is -0.493 e. The summed E-state index contributed by atoms with van der Waals surface area (Å²) in [7, 11) is 3.17. The number of carbonyl (C=O) groups is 1. The SMILES string of the molecule is CCSc1ccc(NC(=O)/C=C/c2ccc(OC)c(OC)c2)cc1. The highest BCUT2D eigenvalue weighted by Gasteiger charge is 2.03. The average Bonchev–Trinajstić information content (AvgIpc) is 2.61. The second-order valence-electron chi connectivity index (χ2n) is 4.89. The highest BCUT2D eigenvalue weighted by atomic mass is 32.2. The lowest BCUT2D eigenvalue weighted by Crippen LogP contribution is -2.07. The number of amides is 1. The molecule has 0 radical (unpaired) electrons. The van der Waals surface area contributed by atoms with E-state index in [1.165, 1.54) is 11.0 Å². The smallest absolute Gasteiger partial charge is 0.248 e. The van der Waals surface area contributed by atoms with Crippen molar-refractivity contribution in [3.63, 3.8) is 0 Å². The van der Waals surface area contributed by atoms with Gasteiger partial charge >= 0.3 is 0 Å². The molecule has 0 aromatic heterocycles. The Morgan fingerprint density at radius 1 is 1.08 bits per heavy atom. The molecule has 126 valence electrons. The molecule has 0 unspecified atom stereocenters. The van der Waals surface area contributed by atoms with E-state index in [1.54, 1.807) is 38.1 Å². The molecule has 4 nitrogen and oxygen atoms in total. The van der Waals surface area contributed by atoms with E-state index in [0.29, 0.717) is 11.5 Å². The molecule has 2 aromatic rings. The molecule has 1 N–H and O–H groups in total. The van der Waals surface area contributed by atoms with E-state index in [9.17, 15) is 4.79 Å². The summed E-state index contributed by atoms with van der Waals surface area (Å²) in [5.41, 5.74) is 1.63. The molecule has 1 amide bonds. The predicted octanol–water partition coefficient (Wildman–Crippen LogP) is 4.47. The fourth-order valence-electron chi connectivity index (χ4n) is 2.11. The van der Waals surface area contributed by atoms with E-state index >= 15 is 0 Å². The Bertz CT molecular complexity index is 711. The van der Waals surface area contributed by atoms with Gasteiger partial charge in [-0.1, -0.05) is 13.0 Å². The van der Waals surface area contributed by atoms with Crippen LogP contribution in [0.15, 0.2) is 53.4 Å². The number of carbonyl (C=O) groups excluding carboxylic acids is 1. The number of thioether (sulfide) groups is 1. The minimum absolute atomic E-state index is 0.180. The maximum absolute atomic E-state index is 12.0. The molecule has 0 aliphatic carbocycles. The van der Waals surface area contributed by atoms with Crippen molar-refractivity contribution in [2.24, 2.45) is 0 Å². The summed E-state index contributed by atoms with van der Waals surface area (Å²) in [6, 6.07) is 13.3. The van der Waals surface area contributed by atoms with Gasteiger partial charge in [0.1, 0.15) is 0 Å². The highest BCUT2D eigenvalue weighted by molar-refractivity contribution is 7.99. The average molecular weight is 343 g/mol. The lowest BCUT2D eigenvalue weighted by atomic mass is 10.2. The molecular weight excluding hydrogens is 322 g/mol. The van der Waals surface area contributed by atoms with Crippen molar-refractivity contribution in [2.45, 2.75) is 11.8 Å². The van der Waals surface area contributed by atoms with E-state index in [2.05, 4.69) is 12.2 Å². The second-order valence-corrected chi connectivity index (χ2v) is 6.23. The predicted molar refractivity (Wildman–Crippen MR) is 100 cm³/mol. The first kappa shape index (κ1) is 17.9. The number of ether oxygens (including phenoxy) is 2. The Kier molecular flexibility index (Phi) is 6.75. The van der Waals surface area contributed by atoms with Crippen molar-refractivity contribution in [2.75, 3.05) is 25.3 Å². The molecular formula is C19H21NO3S. The number of nitrogens with one attached hydrogen (secondary N) is 1. The van der Waals surface area contributed by atoms with Gasteiger partial charge in [0.2, 0.25) is 5.91 Å². The molecule has 0 saturated carbocycles. The minimum atomic E-state index is -0.180. The summed E-state index contributed by atoms with van der Waals surface area (Å²) in [5, 5.41) is 2.84. The van der Waals surface area contributed by atoms with Crippen LogP contribution in [0.5, 0.6) is 11.5 Å². The highest BCUT2D eigenvalue weighted by Crippen LogP contribution is 2.28. The quantitative estimate of drug-likeness (QED) is 0.595. The number of methoxy groups -OCH3 is 2. The molecule has 0 heterocycles. The summed E-state index contributed by atoms with van der Waals surface area (Å²) in [5.74, 6) is 2.13. The number of hydrogen-bond donors (Lipinski definition) is 1. The molecule has 2 rings (SSSR count). The van der Waals surface area contributed by atoms with Crippen LogP contribution >= 0.6 is 11.8 Å². The second kappa shape index (κ2) is 9.03. The molecule has 5 heteroatoms. The van der Waals surface area contributed by atoms with Crippen LogP contribution in [0.25, 0.3) is 6.08 Å². The fraction of sp³-hybridized carbons (Fsp3) is 0.211. The zero-order valence-electron chi connectivity index (χ0n) is 14.0. The molecule has 0 aliphatic rings. The number of hydrogen-bond acceptors (Lipinski definition) is 4. The lowest BCUT2D eigenvalue weighted by molar-refractivity contribution is -0.111. The molecule has 24 heavy (non-hydrogen) atoms. The fourth-order valence-corrected chi connectivity index (χ4v) is 2.78. The Morgan fingerprint density at radius 2 is 1.79 bits per heavy atom. The van der Waals surface area contributed by atoms with Crippen molar-refractivity contribution < 1.29 is 14.3 Å². The molecule has 0 bridgehead atoms. The van der Waals surface area contributed by atoms with Crippen molar-refractivity contribution in [1.29, 1.82) is 0 Å². The first-order chi connectivity index (χ1) is 11.7. The first-order valence-electron chi connectivity index (χ1n) is 7.60. The third-order valence-corrected chi connectivity index (χ3v) is 4.16. The van der Waals surface area contributed by atoms with Crippen molar-refractivity contribution in [1.82, 2.24) is 0 Å². The van der Waals surface area contributed by atoms with Gasteiger partial charge in [0, 0.05) is 16.7 Å². The van der Waals surface area contributed by atoms with Crippen LogP contribution in [-0.4, -0.2) is 25.9 Å². The number of rotatable bonds is 7. The number of anilines is 1. The molecule has 0 atom stereocenters. The standard InChI is InChI=1S/C19H21NO3S/c1-4-24-16-9-7-15(8-10-16)20-19(21)12-6-14-5-11-17(22-2)18(13-14)23-3/h5-13H,4H2,1-3H3,(H,20,21)/b12-6+. The largest absolute Gasteiger partial charge is 0.493 e. The van der Waals surface area contributed by atoms with E-state index < -0.39 is 0 Å². The van der Waals surface area contributed by atoms with Gasteiger partial charge < -0.3 is 14.8 Å². The summed E-state index contributed by atoms with van der Waals surface area (Å²) in [6.07, 6.45) is 3.23. The van der Waals surface area contributed by atoms with Crippen LogP contribution in [0.2, 0.25) is 0 Å². The maximum Gasteiger partial charge on any atom is 0.248 e. The van der Waals surface area contributed by atoms with Crippen molar-refractivity contribution >= 4 is 29.4 Å². The van der Waals surface area contributed by atoms with Gasteiger partial charge in [-0.2, -0.15) is 0 Å². The summed E-state index contributed by atoms with van der Waals surface area (Å²) in [6.45, 7) is 2.11. The topological polar surface area (TPSA) is 47.6 Å². The van der Waals surface area contributed by atoms with Gasteiger partial charge in [-0.3, -0.25) is 4.79 Å². The summed E-state index contributed by atoms with van der Waals surface area (Å²) < 4.78 is 10.4. The van der Waals surface area contributed by atoms with Gasteiger partial charge in [-0.25, -0.2) is 0 Å². The number of benzene rings is 2. The van der Waals surface area contributed by atoms with Crippen LogP contribution in [0.1, 0.15) is 12.5 Å². The zero-order valence-corrected chi connectivity index (χ0v) is 14.9. The van der Waals surface area contributed by atoms with Crippen LogP contribution in [-0.2, 0) is 4.79 Å². The van der Waals surface area contributed by atoms with Gasteiger partial charge in [0.25, 0.3) is 0 Å². The van der Waals surface area contributed by atoms with Gasteiger partial charge in [0.05, 0.1) is 14.2 Å². The first-order valence-corrected chi connectivity index (χ1v) is 8.58. The van der Waals surface area contributed by atoms with Gasteiger partial charge in [-0.15, -0.1) is 11.8 Å². The van der Waals surface area contributed by atoms with E-state index in [-0.39, 0.29) is 5.91 Å². The van der Waals surface area contributed by atoms with Crippen LogP contribution in [0.4, 0.5) is 5.69 Å². The monoisotopic (exact) mass is 343 g/mol. The van der Waals surface area contributed by atoms with Crippen molar-refractivity contribution in [3.05, 3.63) is 54.1 Å². The Hall–Kier alpha value is -2.40. The van der Waals surface area contributed by atoms with Crippen LogP contribution in [0, 0.1) is 0 Å². The molecule has 2 aromatic carbocycles. The molecule has 0 spiro atoms. The van der Waals surface area contributed by atoms with Crippen LogP contribution < -0.4 is 14.8 Å². The van der Waals surface area contributed by atoms with E-state index in [1.807, 2.05) is 36.4 Å². The lowest BCUT2D eigenvalue weighted by Gasteiger charge is -2.07. The Balaban J connectivity index is 1.99. The summed E-state index contributed by atoms with van der Waals surface area (Å²) in [4.78, 5) is 13.2. The van der Waals surface area contributed by atoms with E-state index in [0.717, 1.165) is 17.0 Å². The third kappa shape index (κ3) is 5.06. The zero-order chi connectivity index (χ0) is 17.4. The van der Waals surface area contributed by atoms with Crippen LogP contribution in [0.3, 0.4) is 0 Å². The summed E-state index contributed by atoms with van der Waals surface area (Å²) >= 11 is 1.77. The Labute approximate surface area is 146 Å². The molecule has 0 fully saturated rings. The van der Waals surface area contributed by atoms with Gasteiger partial charge in [-0.05, 0) is 53.8 Å².